The van der Waals surface area contributed by atoms with Crippen LogP contribution in [0.15, 0.2) is 60.7 Å². The maximum atomic E-state index is 12.0. The van der Waals surface area contributed by atoms with Gasteiger partial charge in [-0.3, -0.25) is 29.2 Å². The lowest BCUT2D eigenvalue weighted by Crippen LogP contribution is -2.35. The summed E-state index contributed by atoms with van der Waals surface area (Å²) in [4.78, 5) is 42.5. The molecule has 0 aliphatic carbocycles. The van der Waals surface area contributed by atoms with Crippen LogP contribution < -0.4 is 21.1 Å². The zero-order valence-electron chi connectivity index (χ0n) is 26.6. The molecule has 3 aromatic carbocycles. The molecule has 13 nitrogen and oxygen atoms in total. The molecule has 2 unspecified atom stereocenters. The molecule has 6 N–H and O–H groups in total. The predicted octanol–water partition coefficient (Wildman–Crippen LogP) is 6.43. The lowest BCUT2D eigenvalue weighted by atomic mass is 10.0. The zero-order valence-corrected chi connectivity index (χ0v) is 29.0. The molecule has 0 saturated carbocycles. The van der Waals surface area contributed by atoms with Crippen molar-refractivity contribution in [1.82, 2.24) is 0 Å². The van der Waals surface area contributed by atoms with Crippen LogP contribution in [0.4, 0.5) is 17.1 Å². The van der Waals surface area contributed by atoms with E-state index in [0.29, 0.717) is 12.4 Å². The molecule has 0 heterocycles. The van der Waals surface area contributed by atoms with Gasteiger partial charge >= 0.3 is 5.97 Å². The van der Waals surface area contributed by atoms with E-state index in [4.69, 9.17) is 54.1 Å². The molecule has 16 heteroatoms. The summed E-state index contributed by atoms with van der Waals surface area (Å²) in [5, 5.41) is 19.0. The smallest absolute Gasteiger partial charge is 0.320 e. The van der Waals surface area contributed by atoms with Crippen LogP contribution in [0.5, 0.6) is 11.5 Å². The quantitative estimate of drug-likeness (QED) is 0.0378. The largest absolute Gasteiger partial charge is 0.480 e. The number of amides is 1. The van der Waals surface area contributed by atoms with Crippen molar-refractivity contribution in [3.8, 4) is 11.5 Å². The molecule has 0 bridgehead atoms. The summed E-state index contributed by atoms with van der Waals surface area (Å²) >= 11 is 11.6. The summed E-state index contributed by atoms with van der Waals surface area (Å²) in [6.07, 6.45) is 0.870. The third-order valence-electron chi connectivity index (χ3n) is 6.27. The average molecular weight is 716 g/mol. The van der Waals surface area contributed by atoms with E-state index >= 15 is 0 Å². The Hall–Kier alpha value is -3.71. The van der Waals surface area contributed by atoms with Gasteiger partial charge in [-0.05, 0) is 56.0 Å². The van der Waals surface area contributed by atoms with Crippen LogP contribution in [0.1, 0.15) is 31.4 Å². The number of carboxylic acid groups (broad SMARTS) is 1. The molecule has 0 aliphatic rings. The Kier molecular flexibility index (Phi) is 18.0. The van der Waals surface area contributed by atoms with Crippen molar-refractivity contribution in [1.29, 1.82) is 0 Å². The van der Waals surface area contributed by atoms with E-state index in [-0.39, 0.29) is 53.2 Å². The number of aliphatic carboxylic acids is 1. The highest BCUT2D eigenvalue weighted by Gasteiger charge is 2.20. The molecule has 3 rings (SSSR count). The first kappa shape index (κ1) is 41.3. The molecule has 0 saturated heterocycles. The van der Waals surface area contributed by atoms with E-state index in [2.05, 4.69) is 6.92 Å². The Morgan fingerprint density at radius 3 is 2.26 bits per heavy atom. The van der Waals surface area contributed by atoms with E-state index in [0.717, 1.165) is 23.2 Å². The Morgan fingerprint density at radius 2 is 1.74 bits per heavy atom. The van der Waals surface area contributed by atoms with Crippen LogP contribution in [-0.4, -0.2) is 64.9 Å². The molecule has 47 heavy (non-hydrogen) atoms. The van der Waals surface area contributed by atoms with Gasteiger partial charge in [0, 0.05) is 25.5 Å². The number of nitro groups is 1. The number of alkyl halides is 1. The number of para-hydroxylation sites is 2. The van der Waals surface area contributed by atoms with Gasteiger partial charge in [0.1, 0.15) is 40.9 Å². The van der Waals surface area contributed by atoms with Gasteiger partial charge in [-0.25, -0.2) is 0 Å². The van der Waals surface area contributed by atoms with Gasteiger partial charge in [-0.1, -0.05) is 54.9 Å². The summed E-state index contributed by atoms with van der Waals surface area (Å²) in [7, 11) is -3.10. The number of carbonyl (C=O) groups excluding carboxylic acids is 1. The van der Waals surface area contributed by atoms with Crippen molar-refractivity contribution in [3.05, 3.63) is 86.9 Å². The van der Waals surface area contributed by atoms with Crippen molar-refractivity contribution in [3.63, 3.8) is 0 Å². The lowest BCUT2D eigenvalue weighted by molar-refractivity contribution is -0.383. The number of aryl methyl sites for hydroxylation is 2. The Labute approximate surface area is 284 Å². The second kappa shape index (κ2) is 20.5. The number of nitrogen functional groups attached to an aromatic ring is 1. The minimum atomic E-state index is -3.10. The van der Waals surface area contributed by atoms with Gasteiger partial charge in [-0.15, -0.1) is 11.6 Å². The SMILES string of the molecule is CCOCN(C(=O)CCl)c1c(C)cccc1CC.CP(=O)(O)CCC(N)C(=O)O.Nc1c([N+](=O)[O-])ccc(Oc2ccccc2)c1Cl. The number of hydrogen-bond donors (Lipinski definition) is 4. The van der Waals surface area contributed by atoms with Crippen LogP contribution in [0.2, 0.25) is 5.02 Å². The Balaban J connectivity index is 0.000000365. The van der Waals surface area contributed by atoms with Gasteiger partial charge < -0.3 is 30.9 Å². The number of ether oxygens (including phenoxy) is 2. The Morgan fingerprint density at radius 1 is 1.11 bits per heavy atom. The molecule has 0 spiro atoms. The minimum Gasteiger partial charge on any atom is -0.480 e. The molecule has 0 fully saturated rings. The number of nitro benzene ring substituents is 1. The van der Waals surface area contributed by atoms with Crippen molar-refractivity contribution in [2.45, 2.75) is 39.7 Å². The number of carbonyl (C=O) groups is 2. The highest BCUT2D eigenvalue weighted by Crippen LogP contribution is 2.39. The monoisotopic (exact) mass is 714 g/mol. The Bertz CT molecular complexity index is 1520. The number of benzene rings is 3. The number of rotatable bonds is 13. The van der Waals surface area contributed by atoms with Gasteiger partial charge in [-0.2, -0.15) is 0 Å². The first-order valence-corrected chi connectivity index (χ1v) is 17.5. The normalized spacial score (nSPS) is 12.3. The topological polar surface area (TPSA) is 209 Å². The molecule has 1 amide bonds. The maximum absolute atomic E-state index is 12.0. The lowest BCUT2D eigenvalue weighted by Gasteiger charge is -2.25. The molecule has 0 radical (unpaired) electrons. The summed E-state index contributed by atoms with van der Waals surface area (Å²) in [6.45, 7) is 7.97. The highest BCUT2D eigenvalue weighted by atomic mass is 35.5. The van der Waals surface area contributed by atoms with Crippen LogP contribution >= 0.6 is 30.6 Å². The number of halogens is 2. The number of nitrogens with zero attached hydrogens (tertiary/aromatic N) is 2. The number of nitrogens with two attached hydrogens (primary N) is 2. The first-order valence-electron chi connectivity index (χ1n) is 14.3. The average Bonchev–Trinajstić information content (AvgIpc) is 3.03. The van der Waals surface area contributed by atoms with Crippen molar-refractivity contribution >= 4 is 59.5 Å². The van der Waals surface area contributed by atoms with Gasteiger partial charge in [0.25, 0.3) is 5.69 Å². The maximum Gasteiger partial charge on any atom is 0.320 e. The third kappa shape index (κ3) is 14.3. The zero-order chi connectivity index (χ0) is 35.7. The highest BCUT2D eigenvalue weighted by molar-refractivity contribution is 7.57. The van der Waals surface area contributed by atoms with Gasteiger partial charge in [0.05, 0.1) is 10.6 Å². The van der Waals surface area contributed by atoms with E-state index in [1.54, 1.807) is 29.2 Å². The fourth-order valence-electron chi connectivity index (χ4n) is 3.83. The molecular weight excluding hydrogens is 674 g/mol. The van der Waals surface area contributed by atoms with Crippen LogP contribution in [0.3, 0.4) is 0 Å². The molecule has 258 valence electrons. The second-order valence-corrected chi connectivity index (χ2v) is 13.2. The van der Waals surface area contributed by atoms with Crippen LogP contribution in [0, 0.1) is 17.0 Å². The number of carboxylic acids is 1. The van der Waals surface area contributed by atoms with E-state index < -0.39 is 24.3 Å². The number of hydrogen-bond acceptors (Lipinski definition) is 9. The van der Waals surface area contributed by atoms with Crippen molar-refractivity contribution in [2.75, 3.05) is 42.7 Å². The van der Waals surface area contributed by atoms with Gasteiger partial charge in [0.2, 0.25) is 5.91 Å². The molecule has 0 aliphatic heterocycles. The summed E-state index contributed by atoms with van der Waals surface area (Å²) in [6, 6.07) is 16.6. The van der Waals surface area contributed by atoms with Crippen molar-refractivity contribution in [2.24, 2.45) is 5.73 Å². The van der Waals surface area contributed by atoms with E-state index in [9.17, 15) is 24.3 Å². The fraction of sp³-hybridized carbons (Fsp3) is 0.355. The van der Waals surface area contributed by atoms with Gasteiger partial charge in [0.15, 0.2) is 7.37 Å². The fourth-order valence-corrected chi connectivity index (χ4v) is 4.93. The number of anilines is 2. The predicted molar refractivity (Wildman–Crippen MR) is 185 cm³/mol. The molecule has 2 atom stereocenters. The molecule has 3 aromatic rings. The summed E-state index contributed by atoms with van der Waals surface area (Å²) in [5.74, 6) is -0.448. The standard InChI is InChI=1S/C14H20ClNO2.C12H9ClN2O3.C5H12NO4P/c1-4-12-8-6-7-11(3)14(12)16(10-18-5-2)13(17)9-15;13-11-10(18-8-4-2-1-3-5-8)7-6-9(12(11)14)15(16)17;1-11(9,10)3-2-4(6)5(7)8/h6-8H,4-5,9-10H2,1-3H3;1-7H,14H2;4H,2-3,6H2,1H3,(H,7,8)(H,9,10). The van der Waals surface area contributed by atoms with E-state index in [1.807, 2.05) is 38.1 Å². The third-order valence-corrected chi connectivity index (χ3v) is 7.98. The molecule has 0 aromatic heterocycles. The first-order chi connectivity index (χ1) is 22.1. The van der Waals surface area contributed by atoms with Crippen LogP contribution in [0.25, 0.3) is 0 Å². The molecular formula is C31H41Cl2N4O9P. The minimum absolute atomic E-state index is 0.0352. The summed E-state index contributed by atoms with van der Waals surface area (Å²) < 4.78 is 21.5. The van der Waals surface area contributed by atoms with Crippen molar-refractivity contribution < 1.29 is 38.6 Å². The second-order valence-electron chi connectivity index (χ2n) is 10.0. The van der Waals surface area contributed by atoms with E-state index in [1.165, 1.54) is 18.8 Å². The summed E-state index contributed by atoms with van der Waals surface area (Å²) in [5.41, 5.74) is 13.5. The van der Waals surface area contributed by atoms with Crippen LogP contribution in [-0.2, 0) is 25.3 Å².